The number of hydrogen-bond donors (Lipinski definition) is 1. The molecular formula is C18H22N2O2. The Morgan fingerprint density at radius 3 is 2.64 bits per heavy atom. The zero-order valence-corrected chi connectivity index (χ0v) is 12.8. The van der Waals surface area contributed by atoms with Crippen LogP contribution in [-0.4, -0.2) is 29.8 Å². The standard InChI is InChI=1S/C18H22N2O2/c21-16(13-5-6-13)19-15-4-1-3-14(11-15)17(22)20-10-9-18(12-20)7-2-8-18/h1,3-4,11,13H,2,5-10,12H2,(H,19,21). The number of amides is 2. The lowest BCUT2D eigenvalue weighted by atomic mass is 9.68. The highest BCUT2D eigenvalue weighted by Crippen LogP contribution is 2.48. The number of carbonyl (C=O) groups excluding carboxylic acids is 2. The number of likely N-dealkylation sites (tertiary alicyclic amines) is 1. The van der Waals surface area contributed by atoms with E-state index in [0.29, 0.717) is 11.0 Å². The normalized spacial score (nSPS) is 22.5. The van der Waals surface area contributed by atoms with Gasteiger partial charge in [-0.25, -0.2) is 0 Å². The van der Waals surface area contributed by atoms with E-state index in [1.54, 1.807) is 0 Å². The van der Waals surface area contributed by atoms with Crippen LogP contribution in [0, 0.1) is 11.3 Å². The molecule has 2 aliphatic carbocycles. The molecule has 22 heavy (non-hydrogen) atoms. The summed E-state index contributed by atoms with van der Waals surface area (Å²) in [6, 6.07) is 7.37. The Labute approximate surface area is 130 Å². The van der Waals surface area contributed by atoms with Gasteiger partial charge in [-0.2, -0.15) is 0 Å². The zero-order chi connectivity index (χ0) is 15.2. The third-order valence-electron chi connectivity index (χ3n) is 5.46. The Kier molecular flexibility index (Phi) is 3.21. The Morgan fingerprint density at radius 2 is 2.00 bits per heavy atom. The topological polar surface area (TPSA) is 49.4 Å². The van der Waals surface area contributed by atoms with Gasteiger partial charge in [-0.1, -0.05) is 12.5 Å². The monoisotopic (exact) mass is 298 g/mol. The van der Waals surface area contributed by atoms with Gasteiger partial charge in [-0.05, 0) is 55.7 Å². The first-order chi connectivity index (χ1) is 10.7. The second-order valence-electron chi connectivity index (χ2n) is 7.17. The van der Waals surface area contributed by atoms with E-state index in [1.807, 2.05) is 29.2 Å². The fourth-order valence-electron chi connectivity index (χ4n) is 3.70. The van der Waals surface area contributed by atoms with E-state index in [9.17, 15) is 9.59 Å². The molecule has 4 rings (SSSR count). The molecule has 0 unspecified atom stereocenters. The summed E-state index contributed by atoms with van der Waals surface area (Å²) in [4.78, 5) is 26.5. The molecule has 2 saturated carbocycles. The molecule has 4 nitrogen and oxygen atoms in total. The maximum absolute atomic E-state index is 12.7. The van der Waals surface area contributed by atoms with Gasteiger partial charge in [0.15, 0.2) is 0 Å². The summed E-state index contributed by atoms with van der Waals surface area (Å²) in [5.74, 6) is 0.363. The van der Waals surface area contributed by atoms with Crippen LogP contribution in [-0.2, 0) is 4.79 Å². The number of hydrogen-bond acceptors (Lipinski definition) is 2. The SMILES string of the molecule is O=C(Nc1cccc(C(=O)N2CCC3(CCC3)C2)c1)C1CC1. The molecule has 0 aromatic heterocycles. The first-order valence-corrected chi connectivity index (χ1v) is 8.36. The molecule has 0 atom stereocenters. The van der Waals surface area contributed by atoms with Crippen LogP contribution in [0.1, 0.15) is 48.9 Å². The second-order valence-corrected chi connectivity index (χ2v) is 7.17. The summed E-state index contributed by atoms with van der Waals surface area (Å²) in [5, 5.41) is 2.92. The van der Waals surface area contributed by atoms with E-state index in [1.165, 1.54) is 19.3 Å². The molecule has 3 aliphatic rings. The van der Waals surface area contributed by atoms with E-state index in [2.05, 4.69) is 5.32 Å². The van der Waals surface area contributed by atoms with Gasteiger partial charge in [-0.3, -0.25) is 9.59 Å². The number of carbonyl (C=O) groups is 2. The fraction of sp³-hybridized carbons (Fsp3) is 0.556. The van der Waals surface area contributed by atoms with E-state index < -0.39 is 0 Å². The predicted octanol–water partition coefficient (Wildman–Crippen LogP) is 3.05. The second kappa shape index (κ2) is 5.11. The van der Waals surface area contributed by atoms with Gasteiger partial charge in [0.1, 0.15) is 0 Å². The van der Waals surface area contributed by atoms with Gasteiger partial charge in [0.05, 0.1) is 0 Å². The zero-order valence-electron chi connectivity index (χ0n) is 12.8. The smallest absolute Gasteiger partial charge is 0.253 e. The molecule has 4 heteroatoms. The van der Waals surface area contributed by atoms with Crippen LogP contribution in [0.5, 0.6) is 0 Å². The summed E-state index contributed by atoms with van der Waals surface area (Å²) in [7, 11) is 0. The molecule has 1 N–H and O–H groups in total. The van der Waals surface area contributed by atoms with Crippen molar-refractivity contribution in [3.8, 4) is 0 Å². The van der Waals surface area contributed by atoms with Gasteiger partial charge in [0, 0.05) is 30.3 Å². The molecule has 1 heterocycles. The molecule has 1 aliphatic heterocycles. The van der Waals surface area contributed by atoms with Crippen LogP contribution >= 0.6 is 0 Å². The third-order valence-corrected chi connectivity index (χ3v) is 5.46. The molecule has 1 saturated heterocycles. The Bertz CT molecular complexity index is 617. The van der Waals surface area contributed by atoms with Crippen molar-refractivity contribution < 1.29 is 9.59 Å². The largest absolute Gasteiger partial charge is 0.338 e. The fourth-order valence-corrected chi connectivity index (χ4v) is 3.70. The lowest BCUT2D eigenvalue weighted by molar-refractivity contribution is -0.117. The van der Waals surface area contributed by atoms with Crippen LogP contribution in [0.25, 0.3) is 0 Å². The number of nitrogens with one attached hydrogen (secondary N) is 1. The Hall–Kier alpha value is -1.84. The van der Waals surface area contributed by atoms with Crippen molar-refractivity contribution in [2.45, 2.75) is 38.5 Å². The van der Waals surface area contributed by atoms with Crippen molar-refractivity contribution >= 4 is 17.5 Å². The quantitative estimate of drug-likeness (QED) is 0.932. The molecule has 0 radical (unpaired) electrons. The van der Waals surface area contributed by atoms with Crippen LogP contribution in [0.15, 0.2) is 24.3 Å². The van der Waals surface area contributed by atoms with Gasteiger partial charge >= 0.3 is 0 Å². The maximum atomic E-state index is 12.7. The number of rotatable bonds is 3. The highest BCUT2D eigenvalue weighted by molar-refractivity contribution is 5.98. The van der Waals surface area contributed by atoms with Crippen LogP contribution in [0.4, 0.5) is 5.69 Å². The maximum Gasteiger partial charge on any atom is 0.253 e. The number of nitrogens with zero attached hydrogens (tertiary/aromatic N) is 1. The van der Waals surface area contributed by atoms with Gasteiger partial charge in [0.2, 0.25) is 5.91 Å². The summed E-state index contributed by atoms with van der Waals surface area (Å²) < 4.78 is 0. The van der Waals surface area contributed by atoms with Crippen molar-refractivity contribution in [3.63, 3.8) is 0 Å². The van der Waals surface area contributed by atoms with Crippen LogP contribution in [0.3, 0.4) is 0 Å². The van der Waals surface area contributed by atoms with Crippen molar-refractivity contribution in [1.82, 2.24) is 4.90 Å². The number of benzene rings is 1. The third kappa shape index (κ3) is 2.51. The first kappa shape index (κ1) is 13.8. The molecule has 0 bridgehead atoms. The summed E-state index contributed by atoms with van der Waals surface area (Å²) in [5.41, 5.74) is 1.85. The molecule has 2 amide bonds. The van der Waals surface area contributed by atoms with E-state index in [0.717, 1.165) is 38.0 Å². The average molecular weight is 298 g/mol. The minimum absolute atomic E-state index is 0.0826. The van der Waals surface area contributed by atoms with Crippen molar-refractivity contribution in [1.29, 1.82) is 0 Å². The van der Waals surface area contributed by atoms with E-state index in [4.69, 9.17) is 0 Å². The van der Waals surface area contributed by atoms with Crippen LogP contribution < -0.4 is 5.32 Å². The van der Waals surface area contributed by atoms with Crippen molar-refractivity contribution in [2.24, 2.45) is 11.3 Å². The van der Waals surface area contributed by atoms with Crippen LogP contribution in [0.2, 0.25) is 0 Å². The average Bonchev–Trinajstić information content (AvgIpc) is 3.24. The highest BCUT2D eigenvalue weighted by atomic mass is 16.2. The molecular weight excluding hydrogens is 276 g/mol. The molecule has 1 spiro atoms. The molecule has 1 aromatic rings. The minimum atomic E-state index is 0.0826. The summed E-state index contributed by atoms with van der Waals surface area (Å²) >= 11 is 0. The van der Waals surface area contributed by atoms with E-state index >= 15 is 0 Å². The summed E-state index contributed by atoms with van der Waals surface area (Å²) in [6.45, 7) is 1.78. The molecule has 3 fully saturated rings. The minimum Gasteiger partial charge on any atom is -0.338 e. The van der Waals surface area contributed by atoms with Crippen molar-refractivity contribution in [3.05, 3.63) is 29.8 Å². The summed E-state index contributed by atoms with van der Waals surface area (Å²) in [6.07, 6.45) is 6.98. The number of anilines is 1. The highest BCUT2D eigenvalue weighted by Gasteiger charge is 2.44. The van der Waals surface area contributed by atoms with Gasteiger partial charge in [-0.15, -0.1) is 0 Å². The lowest BCUT2D eigenvalue weighted by Crippen LogP contribution is -2.35. The molecule has 1 aromatic carbocycles. The predicted molar refractivity (Wildman–Crippen MR) is 84.6 cm³/mol. The Morgan fingerprint density at radius 1 is 1.18 bits per heavy atom. The van der Waals surface area contributed by atoms with Crippen molar-refractivity contribution in [2.75, 3.05) is 18.4 Å². The van der Waals surface area contributed by atoms with Gasteiger partial charge < -0.3 is 10.2 Å². The lowest BCUT2D eigenvalue weighted by Gasteiger charge is -2.37. The Balaban J connectivity index is 1.45. The first-order valence-electron chi connectivity index (χ1n) is 8.36. The van der Waals surface area contributed by atoms with E-state index in [-0.39, 0.29) is 17.7 Å². The molecule has 116 valence electrons. The van der Waals surface area contributed by atoms with Gasteiger partial charge in [0.25, 0.3) is 5.91 Å².